The Balaban J connectivity index is 3.72. The summed E-state index contributed by atoms with van der Waals surface area (Å²) in [5.41, 5.74) is 0. The molecule has 0 amide bonds. The summed E-state index contributed by atoms with van der Waals surface area (Å²) < 4.78 is 69.2. The van der Waals surface area contributed by atoms with Crippen molar-refractivity contribution in [3.8, 4) is 0 Å². The van der Waals surface area contributed by atoms with E-state index in [1.54, 1.807) is 0 Å². The van der Waals surface area contributed by atoms with Crippen molar-refractivity contribution in [3.63, 3.8) is 0 Å². The second-order valence-corrected chi connectivity index (χ2v) is 5.90. The van der Waals surface area contributed by atoms with Gasteiger partial charge in [0.25, 0.3) is 0 Å². The Morgan fingerprint density at radius 2 is 1.44 bits per heavy atom. The van der Waals surface area contributed by atoms with E-state index in [2.05, 4.69) is 10.3 Å². The lowest BCUT2D eigenvalue weighted by atomic mass is 10.3. The number of primary sulfonamides is 2. The predicted molar refractivity (Wildman–Crippen MR) is 49.1 cm³/mol. The fourth-order valence-electron chi connectivity index (χ4n) is 0.911. The zero-order valence-electron chi connectivity index (χ0n) is 7.51. The molecule has 0 fully saturated rings. The summed E-state index contributed by atoms with van der Waals surface area (Å²) in [5.74, 6) is -3.43. The Labute approximate surface area is 90.0 Å². The SMILES string of the molecule is NS(=O)(=O)c1cc(F)c(F)c(S(N)(=O)=O)c1. The number of halogens is 2. The smallest absolute Gasteiger partial charge is 0.225 e. The molecule has 6 nitrogen and oxygen atoms in total. The Hall–Kier alpha value is -1.10. The van der Waals surface area contributed by atoms with E-state index in [1.165, 1.54) is 0 Å². The van der Waals surface area contributed by atoms with Crippen molar-refractivity contribution in [2.45, 2.75) is 9.79 Å². The molecule has 4 N–H and O–H groups in total. The van der Waals surface area contributed by atoms with E-state index in [0.717, 1.165) is 0 Å². The van der Waals surface area contributed by atoms with Crippen LogP contribution < -0.4 is 10.3 Å². The van der Waals surface area contributed by atoms with Crippen LogP contribution >= 0.6 is 0 Å². The first kappa shape index (κ1) is 13.0. The standard InChI is InChI=1S/C6H6F2N2O4S2/c7-4-1-3(15(9,11)12)2-5(6(4)8)16(10,13)14/h1-2H,(H2,9,11,12)(H2,10,13,14). The lowest BCUT2D eigenvalue weighted by Gasteiger charge is -2.04. The number of rotatable bonds is 2. The number of hydrogen-bond acceptors (Lipinski definition) is 4. The van der Waals surface area contributed by atoms with Crippen molar-refractivity contribution in [1.82, 2.24) is 0 Å². The van der Waals surface area contributed by atoms with Crippen molar-refractivity contribution in [2.75, 3.05) is 0 Å². The summed E-state index contributed by atoms with van der Waals surface area (Å²) in [6.45, 7) is 0. The molecule has 0 aromatic heterocycles. The van der Waals surface area contributed by atoms with Crippen LogP contribution in [0.5, 0.6) is 0 Å². The Morgan fingerprint density at radius 1 is 0.938 bits per heavy atom. The van der Waals surface area contributed by atoms with Crippen LogP contribution in [0.4, 0.5) is 8.78 Å². The summed E-state index contributed by atoms with van der Waals surface area (Å²) in [6.07, 6.45) is 0. The van der Waals surface area contributed by atoms with Crippen LogP contribution in [0.25, 0.3) is 0 Å². The van der Waals surface area contributed by atoms with Crippen LogP contribution in [-0.4, -0.2) is 16.8 Å². The molecule has 0 saturated heterocycles. The zero-order chi connectivity index (χ0) is 12.7. The van der Waals surface area contributed by atoms with E-state index >= 15 is 0 Å². The van der Waals surface area contributed by atoms with E-state index in [4.69, 9.17) is 0 Å². The van der Waals surface area contributed by atoms with Gasteiger partial charge in [0.05, 0.1) is 4.90 Å². The minimum absolute atomic E-state index is 0.263. The summed E-state index contributed by atoms with van der Waals surface area (Å²) >= 11 is 0. The molecule has 0 radical (unpaired) electrons. The molecule has 0 atom stereocenters. The topological polar surface area (TPSA) is 120 Å². The number of nitrogens with two attached hydrogens (primary N) is 2. The number of sulfonamides is 2. The van der Waals surface area contributed by atoms with Crippen LogP contribution in [0.1, 0.15) is 0 Å². The Kier molecular flexibility index (Phi) is 3.02. The highest BCUT2D eigenvalue weighted by Crippen LogP contribution is 2.20. The van der Waals surface area contributed by atoms with Crippen molar-refractivity contribution in [3.05, 3.63) is 23.8 Å². The van der Waals surface area contributed by atoms with Gasteiger partial charge in [-0.1, -0.05) is 0 Å². The third-order valence-corrected chi connectivity index (χ3v) is 3.41. The van der Waals surface area contributed by atoms with Gasteiger partial charge < -0.3 is 0 Å². The van der Waals surface area contributed by atoms with E-state index in [9.17, 15) is 25.6 Å². The van der Waals surface area contributed by atoms with Gasteiger partial charge >= 0.3 is 0 Å². The van der Waals surface area contributed by atoms with Crippen LogP contribution in [0.3, 0.4) is 0 Å². The predicted octanol–water partition coefficient (Wildman–Crippen LogP) is -0.740. The first-order valence-corrected chi connectivity index (χ1v) is 6.67. The molecule has 0 aliphatic carbocycles. The van der Waals surface area contributed by atoms with Gasteiger partial charge in [-0.2, -0.15) is 0 Å². The Bertz CT molecular complexity index is 639. The fourth-order valence-corrected chi connectivity index (χ4v) is 2.17. The molecule has 0 unspecified atom stereocenters. The van der Waals surface area contributed by atoms with Crippen LogP contribution in [0.2, 0.25) is 0 Å². The number of benzene rings is 1. The van der Waals surface area contributed by atoms with Crippen molar-refractivity contribution < 1.29 is 25.6 Å². The van der Waals surface area contributed by atoms with E-state index in [-0.39, 0.29) is 6.07 Å². The molecule has 0 saturated carbocycles. The van der Waals surface area contributed by atoms with E-state index in [0.29, 0.717) is 6.07 Å². The number of hydrogen-bond donors (Lipinski definition) is 2. The molecule has 1 aromatic rings. The summed E-state index contributed by atoms with van der Waals surface area (Å²) in [4.78, 5) is -2.15. The van der Waals surface area contributed by atoms with Gasteiger partial charge in [0.15, 0.2) is 11.6 Å². The molecule has 0 aliphatic rings. The maximum Gasteiger partial charge on any atom is 0.241 e. The van der Waals surface area contributed by atoms with Crippen molar-refractivity contribution >= 4 is 20.0 Å². The zero-order valence-corrected chi connectivity index (χ0v) is 9.15. The third kappa shape index (κ3) is 2.52. The Morgan fingerprint density at radius 3 is 1.81 bits per heavy atom. The first-order chi connectivity index (χ1) is 7.03. The molecule has 90 valence electrons. The molecule has 0 bridgehead atoms. The lowest BCUT2D eigenvalue weighted by Crippen LogP contribution is -2.18. The monoisotopic (exact) mass is 272 g/mol. The second-order valence-electron chi connectivity index (χ2n) is 2.81. The lowest BCUT2D eigenvalue weighted by molar-refractivity contribution is 0.480. The van der Waals surface area contributed by atoms with Crippen LogP contribution in [0, 0.1) is 11.6 Å². The molecule has 16 heavy (non-hydrogen) atoms. The summed E-state index contributed by atoms with van der Waals surface area (Å²) in [7, 11) is -8.93. The maximum atomic E-state index is 13.0. The van der Waals surface area contributed by atoms with Gasteiger partial charge in [0.2, 0.25) is 20.0 Å². The average Bonchev–Trinajstić information content (AvgIpc) is 2.05. The normalized spacial score (nSPS) is 12.8. The molecular weight excluding hydrogens is 266 g/mol. The summed E-state index contributed by atoms with van der Waals surface area (Å²) in [6, 6.07) is 0.614. The first-order valence-electron chi connectivity index (χ1n) is 3.58. The van der Waals surface area contributed by atoms with E-state index < -0.39 is 41.5 Å². The van der Waals surface area contributed by atoms with Gasteiger partial charge in [-0.05, 0) is 12.1 Å². The highest BCUT2D eigenvalue weighted by atomic mass is 32.2. The van der Waals surface area contributed by atoms with Crippen molar-refractivity contribution in [1.29, 1.82) is 0 Å². The summed E-state index contributed by atoms with van der Waals surface area (Å²) in [5, 5.41) is 9.20. The maximum absolute atomic E-state index is 13.0. The molecular formula is C6H6F2N2O4S2. The third-order valence-electron chi connectivity index (χ3n) is 1.60. The highest BCUT2D eigenvalue weighted by molar-refractivity contribution is 7.90. The molecule has 0 heterocycles. The second kappa shape index (κ2) is 3.73. The molecule has 10 heteroatoms. The fraction of sp³-hybridized carbons (Fsp3) is 0. The molecule has 1 rings (SSSR count). The largest absolute Gasteiger partial charge is 0.241 e. The molecule has 0 spiro atoms. The minimum Gasteiger partial charge on any atom is -0.225 e. The van der Waals surface area contributed by atoms with Gasteiger partial charge in [0.1, 0.15) is 4.90 Å². The van der Waals surface area contributed by atoms with Gasteiger partial charge in [-0.15, -0.1) is 0 Å². The van der Waals surface area contributed by atoms with E-state index in [1.807, 2.05) is 0 Å². The van der Waals surface area contributed by atoms with Gasteiger partial charge in [-0.25, -0.2) is 35.9 Å². The molecule has 0 aliphatic heterocycles. The highest BCUT2D eigenvalue weighted by Gasteiger charge is 2.22. The van der Waals surface area contributed by atoms with Gasteiger partial charge in [-0.3, -0.25) is 0 Å². The molecule has 1 aromatic carbocycles. The van der Waals surface area contributed by atoms with Crippen LogP contribution in [-0.2, 0) is 20.0 Å². The quantitative estimate of drug-likeness (QED) is 0.736. The van der Waals surface area contributed by atoms with Crippen molar-refractivity contribution in [2.24, 2.45) is 10.3 Å². The average molecular weight is 272 g/mol. The minimum atomic E-state index is -4.57. The van der Waals surface area contributed by atoms with Gasteiger partial charge in [0, 0.05) is 0 Å². The van der Waals surface area contributed by atoms with Crippen LogP contribution in [0.15, 0.2) is 21.9 Å².